The summed E-state index contributed by atoms with van der Waals surface area (Å²) < 4.78 is 1.47. The molecule has 0 aliphatic carbocycles. The van der Waals surface area contributed by atoms with Crippen molar-refractivity contribution in [3.63, 3.8) is 0 Å². The molecule has 0 amide bonds. The third-order valence-corrected chi connectivity index (χ3v) is 4.52. The first-order valence-electron chi connectivity index (χ1n) is 7.84. The van der Waals surface area contributed by atoms with Crippen LogP contribution in [0, 0.1) is 0 Å². The molecule has 5 nitrogen and oxygen atoms in total. The van der Waals surface area contributed by atoms with E-state index in [4.69, 9.17) is 11.6 Å². The zero-order valence-corrected chi connectivity index (χ0v) is 13.7. The van der Waals surface area contributed by atoms with Crippen LogP contribution in [-0.4, -0.2) is 36.0 Å². The third kappa shape index (κ3) is 3.98. The van der Waals surface area contributed by atoms with Crippen LogP contribution in [0.3, 0.4) is 0 Å². The molecular weight excluding hydrogens is 288 g/mol. The Kier molecular flexibility index (Phi) is 6.06. The second-order valence-electron chi connectivity index (χ2n) is 5.67. The fourth-order valence-corrected chi connectivity index (χ4v) is 3.03. The van der Waals surface area contributed by atoms with Crippen molar-refractivity contribution in [2.24, 2.45) is 0 Å². The van der Waals surface area contributed by atoms with Gasteiger partial charge in [-0.3, -0.25) is 4.79 Å². The van der Waals surface area contributed by atoms with E-state index in [0.717, 1.165) is 50.9 Å². The van der Waals surface area contributed by atoms with E-state index in [9.17, 15) is 4.79 Å². The lowest BCUT2D eigenvalue weighted by Crippen LogP contribution is -2.35. The van der Waals surface area contributed by atoms with Gasteiger partial charge in [0, 0.05) is 19.6 Å². The van der Waals surface area contributed by atoms with Crippen LogP contribution < -0.4 is 15.8 Å². The summed E-state index contributed by atoms with van der Waals surface area (Å²) in [6.45, 7) is 4.80. The van der Waals surface area contributed by atoms with E-state index < -0.39 is 0 Å². The van der Waals surface area contributed by atoms with E-state index >= 15 is 0 Å². The first-order chi connectivity index (χ1) is 10.1. The van der Waals surface area contributed by atoms with Gasteiger partial charge < -0.3 is 10.2 Å². The van der Waals surface area contributed by atoms with Gasteiger partial charge in [-0.2, -0.15) is 5.10 Å². The summed E-state index contributed by atoms with van der Waals surface area (Å²) in [5, 5.41) is 7.97. The normalized spacial score (nSPS) is 19.3. The SMILES string of the molecule is CCCCn1ncc(N(C)C2CCCNCC2)c(Cl)c1=O. The minimum atomic E-state index is -0.179. The zero-order chi connectivity index (χ0) is 15.2. The van der Waals surface area contributed by atoms with Gasteiger partial charge in [-0.1, -0.05) is 24.9 Å². The molecule has 1 fully saturated rings. The van der Waals surface area contributed by atoms with Crippen molar-refractivity contribution in [3.8, 4) is 0 Å². The predicted octanol–water partition coefficient (Wildman–Crippen LogP) is 2.28. The number of nitrogens with one attached hydrogen (secondary N) is 1. The summed E-state index contributed by atoms with van der Waals surface area (Å²) in [5.74, 6) is 0. The topological polar surface area (TPSA) is 50.2 Å². The minimum absolute atomic E-state index is 0.179. The number of anilines is 1. The zero-order valence-electron chi connectivity index (χ0n) is 12.9. The fourth-order valence-electron chi connectivity index (χ4n) is 2.75. The van der Waals surface area contributed by atoms with Gasteiger partial charge >= 0.3 is 0 Å². The highest BCUT2D eigenvalue weighted by Gasteiger charge is 2.21. The molecule has 1 unspecified atom stereocenters. The number of hydrogen-bond donors (Lipinski definition) is 1. The first kappa shape index (κ1) is 16.3. The Morgan fingerprint density at radius 1 is 1.48 bits per heavy atom. The highest BCUT2D eigenvalue weighted by atomic mass is 35.5. The quantitative estimate of drug-likeness (QED) is 0.906. The maximum Gasteiger partial charge on any atom is 0.287 e. The van der Waals surface area contributed by atoms with Crippen LogP contribution in [0.25, 0.3) is 0 Å². The van der Waals surface area contributed by atoms with Gasteiger partial charge in [-0.25, -0.2) is 4.68 Å². The summed E-state index contributed by atoms with van der Waals surface area (Å²) in [5.41, 5.74) is 0.572. The van der Waals surface area contributed by atoms with Crippen molar-refractivity contribution in [1.29, 1.82) is 0 Å². The van der Waals surface area contributed by atoms with Crippen molar-refractivity contribution in [1.82, 2.24) is 15.1 Å². The molecule has 1 aromatic rings. The molecule has 1 aliphatic rings. The molecule has 1 N–H and O–H groups in total. The summed E-state index contributed by atoms with van der Waals surface area (Å²) >= 11 is 6.30. The van der Waals surface area contributed by atoms with E-state index in [0.29, 0.717) is 17.6 Å². The predicted molar refractivity (Wildman–Crippen MR) is 87.3 cm³/mol. The number of halogens is 1. The van der Waals surface area contributed by atoms with Gasteiger partial charge in [0.05, 0.1) is 11.9 Å². The second-order valence-corrected chi connectivity index (χ2v) is 6.05. The molecule has 1 aliphatic heterocycles. The lowest BCUT2D eigenvalue weighted by atomic mass is 10.1. The lowest BCUT2D eigenvalue weighted by Gasteiger charge is -2.29. The minimum Gasteiger partial charge on any atom is -0.369 e. The number of aromatic nitrogens is 2. The molecule has 0 aromatic carbocycles. The molecule has 1 saturated heterocycles. The average Bonchev–Trinajstić information content (AvgIpc) is 2.77. The van der Waals surface area contributed by atoms with E-state index in [1.807, 2.05) is 7.05 Å². The molecule has 2 rings (SSSR count). The molecule has 6 heteroatoms. The van der Waals surface area contributed by atoms with Gasteiger partial charge in [0.1, 0.15) is 5.02 Å². The van der Waals surface area contributed by atoms with Gasteiger partial charge in [0.25, 0.3) is 5.56 Å². The Labute approximate surface area is 131 Å². The van der Waals surface area contributed by atoms with Gasteiger partial charge in [0.2, 0.25) is 0 Å². The number of unbranched alkanes of at least 4 members (excludes halogenated alkanes) is 1. The van der Waals surface area contributed by atoms with E-state index in [2.05, 4.69) is 22.2 Å². The summed E-state index contributed by atoms with van der Waals surface area (Å²) in [6.07, 6.45) is 7.02. The Morgan fingerprint density at radius 3 is 3.05 bits per heavy atom. The molecule has 1 aromatic heterocycles. The van der Waals surface area contributed by atoms with Crippen LogP contribution in [0.2, 0.25) is 5.02 Å². The number of nitrogens with zero attached hydrogens (tertiary/aromatic N) is 3. The summed E-state index contributed by atoms with van der Waals surface area (Å²) in [7, 11) is 2.01. The summed E-state index contributed by atoms with van der Waals surface area (Å²) in [6, 6.07) is 0.408. The second kappa shape index (κ2) is 7.80. The molecule has 1 atom stereocenters. The van der Waals surface area contributed by atoms with Crippen LogP contribution in [0.15, 0.2) is 11.0 Å². The van der Waals surface area contributed by atoms with Crippen LogP contribution in [0.4, 0.5) is 5.69 Å². The van der Waals surface area contributed by atoms with Crippen LogP contribution in [-0.2, 0) is 6.54 Å². The molecule has 118 valence electrons. The maximum atomic E-state index is 12.3. The molecule has 0 bridgehead atoms. The van der Waals surface area contributed by atoms with Crippen LogP contribution >= 0.6 is 11.6 Å². The average molecular weight is 313 g/mol. The van der Waals surface area contributed by atoms with Crippen molar-refractivity contribution in [3.05, 3.63) is 21.6 Å². The Hall–Kier alpha value is -1.07. The van der Waals surface area contributed by atoms with E-state index in [1.54, 1.807) is 6.20 Å². The van der Waals surface area contributed by atoms with Gasteiger partial charge in [0.15, 0.2) is 0 Å². The number of rotatable bonds is 5. The van der Waals surface area contributed by atoms with Gasteiger partial charge in [-0.05, 0) is 38.8 Å². The summed E-state index contributed by atoms with van der Waals surface area (Å²) in [4.78, 5) is 14.4. The van der Waals surface area contributed by atoms with Crippen molar-refractivity contribution < 1.29 is 0 Å². The molecule has 21 heavy (non-hydrogen) atoms. The van der Waals surface area contributed by atoms with Crippen molar-refractivity contribution in [2.75, 3.05) is 25.0 Å². The maximum absolute atomic E-state index is 12.3. The van der Waals surface area contributed by atoms with Gasteiger partial charge in [-0.15, -0.1) is 0 Å². The Balaban J connectivity index is 2.19. The molecule has 2 heterocycles. The van der Waals surface area contributed by atoms with E-state index in [-0.39, 0.29) is 5.56 Å². The number of hydrogen-bond acceptors (Lipinski definition) is 4. The Morgan fingerprint density at radius 2 is 2.29 bits per heavy atom. The van der Waals surface area contributed by atoms with E-state index in [1.165, 1.54) is 4.68 Å². The third-order valence-electron chi connectivity index (χ3n) is 4.16. The molecule has 0 radical (unpaired) electrons. The highest BCUT2D eigenvalue weighted by Crippen LogP contribution is 2.25. The largest absolute Gasteiger partial charge is 0.369 e. The molecular formula is C15H25ClN4O. The Bertz CT molecular complexity index is 509. The standard InChI is InChI=1S/C15H25ClN4O/c1-3-4-10-20-15(21)14(16)13(11-18-20)19(2)12-6-5-8-17-9-7-12/h11-12,17H,3-10H2,1-2H3. The van der Waals surface area contributed by atoms with Crippen molar-refractivity contribution in [2.45, 2.75) is 51.6 Å². The van der Waals surface area contributed by atoms with Crippen molar-refractivity contribution >= 4 is 17.3 Å². The highest BCUT2D eigenvalue weighted by molar-refractivity contribution is 6.33. The smallest absolute Gasteiger partial charge is 0.287 e. The molecule has 0 spiro atoms. The molecule has 0 saturated carbocycles. The lowest BCUT2D eigenvalue weighted by molar-refractivity contribution is 0.535. The number of aryl methyl sites for hydroxylation is 1. The monoisotopic (exact) mass is 312 g/mol. The fraction of sp³-hybridized carbons (Fsp3) is 0.733. The first-order valence-corrected chi connectivity index (χ1v) is 8.22. The van der Waals surface area contributed by atoms with Crippen LogP contribution in [0.1, 0.15) is 39.0 Å². The van der Waals surface area contributed by atoms with Crippen LogP contribution in [0.5, 0.6) is 0 Å².